The number of benzene rings is 2. The molecule has 2 aromatic carbocycles. The molecule has 162 valence electrons. The monoisotopic (exact) mass is 421 g/mol. The first-order chi connectivity index (χ1) is 15.0. The highest BCUT2D eigenvalue weighted by Gasteiger charge is 2.51. The Bertz CT molecular complexity index is 1030. The Morgan fingerprint density at radius 2 is 2.06 bits per heavy atom. The molecule has 2 saturated heterocycles. The van der Waals surface area contributed by atoms with E-state index in [0.29, 0.717) is 38.2 Å². The molecule has 7 heteroatoms. The van der Waals surface area contributed by atoms with E-state index in [4.69, 9.17) is 14.9 Å². The Morgan fingerprint density at radius 1 is 1.26 bits per heavy atom. The molecule has 1 amide bonds. The van der Waals surface area contributed by atoms with Gasteiger partial charge in [-0.25, -0.2) is 0 Å². The molecule has 1 aliphatic carbocycles. The molecule has 1 spiro atoms. The third kappa shape index (κ3) is 3.43. The molecule has 2 fully saturated rings. The minimum Gasteiger partial charge on any atom is -0.508 e. The fourth-order valence-corrected chi connectivity index (χ4v) is 5.23. The van der Waals surface area contributed by atoms with Gasteiger partial charge in [0, 0.05) is 31.7 Å². The molecule has 2 aromatic rings. The van der Waals surface area contributed by atoms with Gasteiger partial charge in [0.25, 0.3) is 0 Å². The summed E-state index contributed by atoms with van der Waals surface area (Å²) in [5, 5.41) is 21.9. The van der Waals surface area contributed by atoms with Crippen molar-refractivity contribution in [2.24, 2.45) is 0 Å². The van der Waals surface area contributed by atoms with Crippen LogP contribution in [0.1, 0.15) is 41.5 Å². The third-order valence-corrected chi connectivity index (χ3v) is 6.72. The van der Waals surface area contributed by atoms with E-state index in [0.717, 1.165) is 24.0 Å². The van der Waals surface area contributed by atoms with E-state index < -0.39 is 5.54 Å². The van der Waals surface area contributed by atoms with Gasteiger partial charge >= 0.3 is 0 Å². The number of ether oxygens (including phenoxy) is 2. The van der Waals surface area contributed by atoms with Crippen molar-refractivity contribution in [1.82, 2.24) is 10.2 Å². The summed E-state index contributed by atoms with van der Waals surface area (Å²) in [7, 11) is 1.59. The summed E-state index contributed by atoms with van der Waals surface area (Å²) in [6.07, 6.45) is 3.30. The number of nitrogens with one attached hydrogen (secondary N) is 2. The Morgan fingerprint density at radius 3 is 2.81 bits per heavy atom. The molecule has 3 aliphatic rings. The van der Waals surface area contributed by atoms with Crippen LogP contribution in [0.5, 0.6) is 11.5 Å². The van der Waals surface area contributed by atoms with Crippen LogP contribution in [0.4, 0.5) is 0 Å². The molecule has 0 unspecified atom stereocenters. The largest absolute Gasteiger partial charge is 0.508 e. The number of aromatic hydroxyl groups is 1. The third-order valence-electron chi connectivity index (χ3n) is 6.72. The standard InChI is InChI=1S/C24H27N3O4/c1-30-19-11-15(10-18(28)12-19)9-16-3-2-4-21-20(16)13-24(21)14-22(29)27(23(25)26-24)17-5-7-31-8-6-17/h2-4,10-12,17,28H,5-9,13-14H2,1H3,(H2,25,26)/t24-/m0/s1. The molecular weight excluding hydrogens is 394 g/mol. The average molecular weight is 421 g/mol. The summed E-state index contributed by atoms with van der Waals surface area (Å²) >= 11 is 0. The van der Waals surface area contributed by atoms with Crippen molar-refractivity contribution in [2.45, 2.75) is 43.7 Å². The minimum atomic E-state index is -0.488. The highest BCUT2D eigenvalue weighted by Crippen LogP contribution is 2.46. The Kier molecular flexibility index (Phi) is 4.85. The van der Waals surface area contributed by atoms with E-state index in [-0.39, 0.29) is 23.7 Å². The molecule has 1 atom stereocenters. The molecule has 0 saturated carbocycles. The van der Waals surface area contributed by atoms with Crippen molar-refractivity contribution in [1.29, 1.82) is 5.41 Å². The molecule has 0 aromatic heterocycles. The van der Waals surface area contributed by atoms with Gasteiger partial charge in [0.15, 0.2) is 5.96 Å². The zero-order chi connectivity index (χ0) is 21.6. The van der Waals surface area contributed by atoms with Crippen molar-refractivity contribution < 1.29 is 19.4 Å². The van der Waals surface area contributed by atoms with E-state index in [1.165, 1.54) is 11.1 Å². The van der Waals surface area contributed by atoms with Crippen molar-refractivity contribution in [3.05, 3.63) is 58.7 Å². The second kappa shape index (κ2) is 7.57. The Hall–Kier alpha value is -3.06. The van der Waals surface area contributed by atoms with Crippen LogP contribution in [0.25, 0.3) is 0 Å². The number of methoxy groups -OCH3 is 1. The number of fused-ring (bicyclic) bond motifs is 2. The zero-order valence-corrected chi connectivity index (χ0v) is 17.6. The maximum Gasteiger partial charge on any atom is 0.232 e. The summed E-state index contributed by atoms with van der Waals surface area (Å²) in [6.45, 7) is 1.28. The molecule has 3 N–H and O–H groups in total. The molecular formula is C24H27N3O4. The lowest BCUT2D eigenvalue weighted by molar-refractivity contribution is -0.134. The van der Waals surface area contributed by atoms with Crippen molar-refractivity contribution in [2.75, 3.05) is 20.3 Å². The van der Waals surface area contributed by atoms with Gasteiger partial charge in [-0.05, 0) is 53.6 Å². The van der Waals surface area contributed by atoms with Crippen LogP contribution < -0.4 is 10.1 Å². The van der Waals surface area contributed by atoms with E-state index in [1.807, 2.05) is 12.1 Å². The molecule has 0 bridgehead atoms. The van der Waals surface area contributed by atoms with Gasteiger partial charge in [0.05, 0.1) is 19.1 Å². The summed E-state index contributed by atoms with van der Waals surface area (Å²) in [6, 6.07) is 11.5. The van der Waals surface area contributed by atoms with Crippen LogP contribution in [0, 0.1) is 5.41 Å². The number of rotatable bonds is 4. The fourth-order valence-electron chi connectivity index (χ4n) is 5.23. The van der Waals surface area contributed by atoms with Crippen LogP contribution in [0.15, 0.2) is 36.4 Å². The van der Waals surface area contributed by atoms with Gasteiger partial charge in [-0.3, -0.25) is 15.1 Å². The molecule has 2 aliphatic heterocycles. The lowest BCUT2D eigenvalue weighted by Gasteiger charge is -2.52. The van der Waals surface area contributed by atoms with Crippen molar-refractivity contribution >= 4 is 11.9 Å². The van der Waals surface area contributed by atoms with Crippen LogP contribution in [-0.2, 0) is 27.9 Å². The van der Waals surface area contributed by atoms with E-state index in [2.05, 4.69) is 17.4 Å². The lowest BCUT2D eigenvalue weighted by Crippen LogP contribution is -2.66. The molecule has 0 radical (unpaired) electrons. The first kappa shape index (κ1) is 19.9. The predicted octanol–water partition coefficient (Wildman–Crippen LogP) is 2.68. The van der Waals surface area contributed by atoms with Gasteiger partial charge < -0.3 is 19.9 Å². The molecule has 31 heavy (non-hydrogen) atoms. The second-order valence-electron chi connectivity index (χ2n) is 8.68. The zero-order valence-electron chi connectivity index (χ0n) is 17.6. The molecule has 2 heterocycles. The average Bonchev–Trinajstić information content (AvgIpc) is 2.74. The van der Waals surface area contributed by atoms with Gasteiger partial charge in [0.2, 0.25) is 5.91 Å². The summed E-state index contributed by atoms with van der Waals surface area (Å²) in [4.78, 5) is 14.7. The Labute approximate surface area is 181 Å². The highest BCUT2D eigenvalue weighted by atomic mass is 16.5. The van der Waals surface area contributed by atoms with Crippen LogP contribution >= 0.6 is 0 Å². The smallest absolute Gasteiger partial charge is 0.232 e. The maximum atomic E-state index is 13.1. The van der Waals surface area contributed by atoms with Gasteiger partial charge in [-0.1, -0.05) is 18.2 Å². The number of hydrogen-bond donors (Lipinski definition) is 3. The first-order valence-electron chi connectivity index (χ1n) is 10.7. The number of phenolic OH excluding ortho intramolecular Hbond substituents is 1. The number of guanidine groups is 1. The minimum absolute atomic E-state index is 0.0180. The van der Waals surface area contributed by atoms with Crippen LogP contribution in [0.2, 0.25) is 0 Å². The van der Waals surface area contributed by atoms with E-state index in [1.54, 1.807) is 24.1 Å². The quantitative estimate of drug-likeness (QED) is 0.706. The molecule has 5 rings (SSSR count). The van der Waals surface area contributed by atoms with Gasteiger partial charge in [-0.2, -0.15) is 0 Å². The highest BCUT2D eigenvalue weighted by molar-refractivity contribution is 6.00. The maximum absolute atomic E-state index is 13.1. The van der Waals surface area contributed by atoms with Crippen LogP contribution in [0.3, 0.4) is 0 Å². The summed E-state index contributed by atoms with van der Waals surface area (Å²) in [5.41, 5.74) is 3.97. The van der Waals surface area contributed by atoms with Gasteiger partial charge in [-0.15, -0.1) is 0 Å². The predicted molar refractivity (Wildman–Crippen MR) is 115 cm³/mol. The molecule has 7 nitrogen and oxygen atoms in total. The number of phenols is 1. The fraction of sp³-hybridized carbons (Fsp3) is 0.417. The number of carbonyl (C=O) groups excluding carboxylic acids is 1. The number of hydrogen-bond acceptors (Lipinski definition) is 5. The lowest BCUT2D eigenvalue weighted by atomic mass is 9.65. The number of carbonyl (C=O) groups is 1. The number of amides is 1. The first-order valence-corrected chi connectivity index (χ1v) is 10.7. The van der Waals surface area contributed by atoms with Crippen LogP contribution in [-0.4, -0.2) is 48.2 Å². The van der Waals surface area contributed by atoms with Crippen molar-refractivity contribution in [3.63, 3.8) is 0 Å². The normalized spacial score (nSPS) is 23.3. The van der Waals surface area contributed by atoms with Gasteiger partial charge in [0.1, 0.15) is 11.5 Å². The van der Waals surface area contributed by atoms with E-state index in [9.17, 15) is 9.90 Å². The SMILES string of the molecule is COc1cc(O)cc(Cc2cccc3c2C[C@]32CC(=O)N(C3CCOCC3)C(=N)N2)c1. The Balaban J connectivity index is 1.38. The topological polar surface area (TPSA) is 94.9 Å². The van der Waals surface area contributed by atoms with E-state index >= 15 is 0 Å². The summed E-state index contributed by atoms with van der Waals surface area (Å²) in [5.74, 6) is 1.03. The number of nitrogens with zero attached hydrogens (tertiary/aromatic N) is 1. The summed E-state index contributed by atoms with van der Waals surface area (Å²) < 4.78 is 10.7. The van der Waals surface area contributed by atoms with Crippen molar-refractivity contribution in [3.8, 4) is 11.5 Å². The second-order valence-corrected chi connectivity index (χ2v) is 8.68.